The number of nitrogens with zero attached hydrogens (tertiary/aromatic N) is 3. The predicted molar refractivity (Wildman–Crippen MR) is 154 cm³/mol. The average Bonchev–Trinajstić information content (AvgIpc) is 3.72. The summed E-state index contributed by atoms with van der Waals surface area (Å²) in [6, 6.07) is 15.5. The summed E-state index contributed by atoms with van der Waals surface area (Å²) in [7, 11) is 5.20. The number of amides is 2. The van der Waals surface area contributed by atoms with Gasteiger partial charge in [-0.05, 0) is 62.6 Å². The Bertz CT molecular complexity index is 1210. The Morgan fingerprint density at radius 3 is 2.46 bits per heavy atom. The van der Waals surface area contributed by atoms with Crippen molar-refractivity contribution in [3.05, 3.63) is 54.1 Å². The fourth-order valence-corrected chi connectivity index (χ4v) is 5.95. The van der Waals surface area contributed by atoms with Gasteiger partial charge in [0.2, 0.25) is 5.91 Å². The van der Waals surface area contributed by atoms with Crippen molar-refractivity contribution in [1.82, 2.24) is 20.0 Å². The van der Waals surface area contributed by atoms with Gasteiger partial charge in [0.15, 0.2) is 5.11 Å². The van der Waals surface area contributed by atoms with Crippen molar-refractivity contribution in [2.45, 2.75) is 43.3 Å². The van der Waals surface area contributed by atoms with Gasteiger partial charge in [-0.15, -0.1) is 0 Å². The van der Waals surface area contributed by atoms with Crippen LogP contribution in [0.15, 0.2) is 48.5 Å². The Kier molecular flexibility index (Phi) is 7.95. The molecule has 2 saturated heterocycles. The largest absolute Gasteiger partial charge is 0.497 e. The fourth-order valence-electron chi connectivity index (χ4n) is 5.67. The number of hydrogen-bond acceptors (Lipinski definition) is 6. The minimum absolute atomic E-state index is 0.0315. The van der Waals surface area contributed by atoms with Crippen molar-refractivity contribution in [2.75, 3.05) is 52.8 Å². The first kappa shape index (κ1) is 27.2. The first-order valence-electron chi connectivity index (χ1n) is 13.5. The van der Waals surface area contributed by atoms with Crippen LogP contribution in [0, 0.1) is 0 Å². The molecule has 0 aromatic heterocycles. The molecule has 0 bridgehead atoms. The van der Waals surface area contributed by atoms with Gasteiger partial charge in [0.25, 0.3) is 5.91 Å². The van der Waals surface area contributed by atoms with Crippen molar-refractivity contribution < 1.29 is 19.1 Å². The van der Waals surface area contributed by atoms with Crippen LogP contribution in [-0.4, -0.2) is 90.7 Å². The number of methoxy groups -OCH3 is 2. The number of nitrogens with one attached hydrogen (secondary N) is 2. The molecule has 39 heavy (non-hydrogen) atoms. The molecule has 1 atom stereocenters. The number of carbonyl (C=O) groups excluding carboxylic acids is 2. The number of hydrogen-bond donors (Lipinski definition) is 2. The molecule has 2 aliphatic heterocycles. The summed E-state index contributed by atoms with van der Waals surface area (Å²) >= 11 is 5.62. The second-order valence-corrected chi connectivity index (χ2v) is 11.0. The van der Waals surface area contributed by atoms with Gasteiger partial charge < -0.3 is 34.8 Å². The molecule has 10 heteroatoms. The summed E-state index contributed by atoms with van der Waals surface area (Å²) in [5.41, 5.74) is 0.734. The zero-order chi connectivity index (χ0) is 27.6. The van der Waals surface area contributed by atoms with E-state index in [0.717, 1.165) is 31.5 Å². The molecule has 3 aliphatic rings. The average molecular weight is 552 g/mol. The van der Waals surface area contributed by atoms with Gasteiger partial charge in [-0.25, -0.2) is 0 Å². The second-order valence-electron chi connectivity index (χ2n) is 10.6. The number of anilines is 1. The zero-order valence-corrected chi connectivity index (χ0v) is 23.6. The van der Waals surface area contributed by atoms with Crippen molar-refractivity contribution in [3.8, 4) is 11.5 Å². The van der Waals surface area contributed by atoms with Gasteiger partial charge in [-0.3, -0.25) is 9.59 Å². The molecule has 2 N–H and O–H groups in total. The molecule has 2 amide bonds. The lowest BCUT2D eigenvalue weighted by molar-refractivity contribution is -0.149. The molecule has 2 aromatic carbocycles. The topological polar surface area (TPSA) is 86.4 Å². The highest BCUT2D eigenvalue weighted by Gasteiger charge is 2.53. The van der Waals surface area contributed by atoms with E-state index in [1.54, 1.807) is 32.4 Å². The maximum absolute atomic E-state index is 14.2. The van der Waals surface area contributed by atoms with E-state index in [1.807, 2.05) is 28.0 Å². The first-order valence-corrected chi connectivity index (χ1v) is 13.9. The summed E-state index contributed by atoms with van der Waals surface area (Å²) in [6.45, 7) is 2.20. The van der Waals surface area contributed by atoms with Gasteiger partial charge in [0.1, 0.15) is 17.0 Å². The summed E-state index contributed by atoms with van der Waals surface area (Å²) in [5, 5.41) is 7.03. The van der Waals surface area contributed by atoms with E-state index in [2.05, 4.69) is 34.7 Å². The van der Waals surface area contributed by atoms with Gasteiger partial charge in [0, 0.05) is 31.7 Å². The van der Waals surface area contributed by atoms with Crippen molar-refractivity contribution in [2.24, 2.45) is 0 Å². The normalized spacial score (nSPS) is 20.7. The highest BCUT2D eigenvalue weighted by molar-refractivity contribution is 7.80. The van der Waals surface area contributed by atoms with Crippen molar-refractivity contribution >= 4 is 34.8 Å². The number of ether oxygens (including phenoxy) is 2. The van der Waals surface area contributed by atoms with E-state index >= 15 is 0 Å². The third-order valence-corrected chi connectivity index (χ3v) is 8.43. The van der Waals surface area contributed by atoms with Gasteiger partial charge in [0.05, 0.1) is 32.5 Å². The van der Waals surface area contributed by atoms with Crippen molar-refractivity contribution in [3.63, 3.8) is 0 Å². The fraction of sp³-hybridized carbons (Fsp3) is 0.483. The Morgan fingerprint density at radius 1 is 1.10 bits per heavy atom. The molecule has 9 nitrogen and oxygen atoms in total. The maximum Gasteiger partial charge on any atom is 0.250 e. The Hall–Kier alpha value is -3.37. The zero-order valence-electron chi connectivity index (χ0n) is 22.8. The molecule has 1 unspecified atom stereocenters. The van der Waals surface area contributed by atoms with Crippen LogP contribution in [-0.2, 0) is 9.59 Å². The number of piperidine rings is 1. The monoisotopic (exact) mass is 551 g/mol. The smallest absolute Gasteiger partial charge is 0.250 e. The minimum Gasteiger partial charge on any atom is -0.497 e. The quantitative estimate of drug-likeness (QED) is 0.460. The summed E-state index contributed by atoms with van der Waals surface area (Å²) < 4.78 is 10.8. The lowest BCUT2D eigenvalue weighted by Crippen LogP contribution is -2.65. The Balaban J connectivity index is 1.38. The third kappa shape index (κ3) is 5.67. The van der Waals surface area contributed by atoms with Gasteiger partial charge in [-0.1, -0.05) is 30.3 Å². The van der Waals surface area contributed by atoms with Crippen LogP contribution >= 0.6 is 12.2 Å². The lowest BCUT2D eigenvalue weighted by Gasteiger charge is -2.47. The summed E-state index contributed by atoms with van der Waals surface area (Å²) in [5.74, 6) is 0.911. The van der Waals surface area contributed by atoms with Gasteiger partial charge in [-0.2, -0.15) is 0 Å². The van der Waals surface area contributed by atoms with Crippen LogP contribution in [0.1, 0.15) is 37.3 Å². The van der Waals surface area contributed by atoms with Crippen molar-refractivity contribution in [1.29, 1.82) is 0 Å². The van der Waals surface area contributed by atoms with E-state index in [4.69, 9.17) is 21.7 Å². The van der Waals surface area contributed by atoms with Crippen LogP contribution < -0.4 is 20.1 Å². The molecular weight excluding hydrogens is 514 g/mol. The molecule has 2 heterocycles. The molecule has 1 aliphatic carbocycles. The highest BCUT2D eigenvalue weighted by atomic mass is 32.1. The van der Waals surface area contributed by atoms with Gasteiger partial charge >= 0.3 is 0 Å². The van der Waals surface area contributed by atoms with E-state index < -0.39 is 5.54 Å². The number of thiocarbonyl (C=S) groups is 1. The van der Waals surface area contributed by atoms with E-state index in [0.29, 0.717) is 41.7 Å². The Labute approximate surface area is 235 Å². The van der Waals surface area contributed by atoms with Crippen LogP contribution in [0.3, 0.4) is 0 Å². The third-order valence-electron chi connectivity index (χ3n) is 8.05. The molecule has 208 valence electrons. The van der Waals surface area contributed by atoms with E-state index in [-0.39, 0.29) is 30.4 Å². The SMILES string of the molecule is COc1ccc(NC(=O)C2(N(C(=O)CN3CC(c4ccccc4)NC3=S)C3CC3)CCN(C)CC2)c(OC)c1. The number of likely N-dealkylation sites (tertiary alicyclic amines) is 1. The molecule has 5 rings (SSSR count). The van der Waals surface area contributed by atoms with E-state index in [9.17, 15) is 9.59 Å². The standard InChI is InChI=1S/C29H37N5O4S/c1-32-15-13-29(14-16-32,27(36)30-23-12-11-22(37-2)17-25(23)38-3)34(21-9-10-21)26(35)19-33-18-24(31-28(33)39)20-7-5-4-6-8-20/h4-8,11-12,17,21,24H,9-10,13-16,18-19H2,1-3H3,(H,30,36)(H,31,39). The lowest BCUT2D eigenvalue weighted by atomic mass is 9.84. The first-order chi connectivity index (χ1) is 18.8. The molecule has 0 radical (unpaired) electrons. The maximum atomic E-state index is 14.2. The Morgan fingerprint density at radius 2 is 1.82 bits per heavy atom. The second kappa shape index (κ2) is 11.4. The van der Waals surface area contributed by atoms with Crippen LogP contribution in [0.5, 0.6) is 11.5 Å². The number of carbonyl (C=O) groups is 2. The number of rotatable bonds is 9. The molecule has 2 aromatic rings. The van der Waals surface area contributed by atoms with E-state index in [1.165, 1.54) is 0 Å². The van der Waals surface area contributed by atoms with Crippen LogP contribution in [0.2, 0.25) is 0 Å². The highest BCUT2D eigenvalue weighted by Crippen LogP contribution is 2.40. The molecule has 3 fully saturated rings. The van der Waals surface area contributed by atoms with Crippen LogP contribution in [0.25, 0.3) is 0 Å². The summed E-state index contributed by atoms with van der Waals surface area (Å²) in [4.78, 5) is 34.3. The predicted octanol–water partition coefficient (Wildman–Crippen LogP) is 3.03. The summed E-state index contributed by atoms with van der Waals surface area (Å²) in [6.07, 6.45) is 2.92. The van der Waals surface area contributed by atoms with Crippen LogP contribution in [0.4, 0.5) is 5.69 Å². The minimum atomic E-state index is -0.955. The molecule has 0 spiro atoms. The number of benzene rings is 2. The molecular formula is C29H37N5O4S. The molecule has 1 saturated carbocycles.